The number of fused-ring (bicyclic) bond motifs is 1. The first kappa shape index (κ1) is 15.7. The number of aromatic amines is 1. The molecule has 5 rings (SSSR count). The molecule has 1 N–H and O–H groups in total. The summed E-state index contributed by atoms with van der Waals surface area (Å²) in [4.78, 5) is 27.4. The van der Waals surface area contributed by atoms with Gasteiger partial charge < -0.3 is 9.88 Å². The largest absolute Gasteiger partial charge is 0.340 e. The lowest BCUT2D eigenvalue weighted by molar-refractivity contribution is 0.0730. The zero-order valence-electron chi connectivity index (χ0n) is 14.6. The number of carbonyl (C=O) groups is 1. The highest BCUT2D eigenvalue weighted by Crippen LogP contribution is 2.32. The number of hydrogen-bond acceptors (Lipinski definition) is 4. The fourth-order valence-corrected chi connectivity index (χ4v) is 3.64. The number of nitrogens with zero attached hydrogens (tertiary/aromatic N) is 5. The number of benzene rings is 1. The highest BCUT2D eigenvalue weighted by molar-refractivity contribution is 5.94. The topological polar surface area (TPSA) is 79.7 Å². The number of amides is 1. The third kappa shape index (κ3) is 2.77. The first-order valence-electron chi connectivity index (χ1n) is 9.01. The van der Waals surface area contributed by atoms with Gasteiger partial charge in [-0.1, -0.05) is 12.1 Å². The van der Waals surface area contributed by atoms with Crippen LogP contribution in [0.1, 0.15) is 35.1 Å². The van der Waals surface area contributed by atoms with Crippen LogP contribution in [0.5, 0.6) is 0 Å². The van der Waals surface area contributed by atoms with E-state index in [1.807, 2.05) is 47.5 Å². The Kier molecular flexibility index (Phi) is 3.71. The number of imidazole rings is 1. The molecule has 4 aromatic rings. The Morgan fingerprint density at radius 1 is 1.15 bits per heavy atom. The monoisotopic (exact) mass is 358 g/mol. The summed E-state index contributed by atoms with van der Waals surface area (Å²) in [6, 6.07) is 13.4. The van der Waals surface area contributed by atoms with Gasteiger partial charge in [-0.25, -0.2) is 14.6 Å². The molecule has 0 aliphatic carbocycles. The predicted molar refractivity (Wildman–Crippen MR) is 100 cm³/mol. The van der Waals surface area contributed by atoms with Crippen LogP contribution in [0.25, 0.3) is 16.9 Å². The van der Waals surface area contributed by atoms with E-state index in [1.54, 1.807) is 23.1 Å². The van der Waals surface area contributed by atoms with Crippen LogP contribution in [0.2, 0.25) is 0 Å². The van der Waals surface area contributed by atoms with Crippen LogP contribution in [0.3, 0.4) is 0 Å². The predicted octanol–water partition coefficient (Wildman–Crippen LogP) is 3.12. The summed E-state index contributed by atoms with van der Waals surface area (Å²) in [6.45, 7) is 0.724. The van der Waals surface area contributed by atoms with Crippen molar-refractivity contribution in [3.05, 3.63) is 72.4 Å². The molecule has 0 saturated carbocycles. The Balaban J connectivity index is 1.41. The molecule has 7 nitrogen and oxygen atoms in total. The minimum absolute atomic E-state index is 0.0162. The number of H-pyrrole nitrogens is 1. The maximum atomic E-state index is 13.1. The van der Waals surface area contributed by atoms with Gasteiger partial charge in [-0.15, -0.1) is 0 Å². The van der Waals surface area contributed by atoms with Gasteiger partial charge in [0, 0.05) is 25.1 Å². The zero-order chi connectivity index (χ0) is 18.2. The summed E-state index contributed by atoms with van der Waals surface area (Å²) in [6.07, 6.45) is 7.01. The first-order valence-corrected chi connectivity index (χ1v) is 9.01. The van der Waals surface area contributed by atoms with Gasteiger partial charge >= 0.3 is 0 Å². The van der Waals surface area contributed by atoms with Crippen LogP contribution < -0.4 is 0 Å². The summed E-state index contributed by atoms with van der Waals surface area (Å²) in [7, 11) is 0. The van der Waals surface area contributed by atoms with Crippen LogP contribution in [0.15, 0.2) is 61.1 Å². The molecule has 1 fully saturated rings. The van der Waals surface area contributed by atoms with Crippen LogP contribution in [-0.2, 0) is 0 Å². The van der Waals surface area contributed by atoms with Gasteiger partial charge in [-0.2, -0.15) is 5.10 Å². The van der Waals surface area contributed by atoms with Crippen molar-refractivity contribution in [2.75, 3.05) is 6.54 Å². The molecule has 27 heavy (non-hydrogen) atoms. The van der Waals surface area contributed by atoms with Crippen LogP contribution in [-0.4, -0.2) is 42.1 Å². The number of carbonyl (C=O) groups excluding carboxylic acids is 1. The summed E-state index contributed by atoms with van der Waals surface area (Å²) in [5.74, 6) is 1.52. The number of pyridine rings is 1. The molecule has 1 atom stereocenters. The van der Waals surface area contributed by atoms with Crippen molar-refractivity contribution in [2.24, 2.45) is 0 Å². The highest BCUT2D eigenvalue weighted by atomic mass is 16.2. The van der Waals surface area contributed by atoms with Crippen LogP contribution >= 0.6 is 0 Å². The number of para-hydroxylation sites is 2. The standard InChI is InChI=1S/C20H18N6O/c27-20(14-8-9-18(21-13-14)26-12-4-10-22-26)25-11-3-7-17(25)19-23-15-5-1-2-6-16(15)24-19/h1-2,4-6,8-10,12-13,17H,3,7,11H2,(H,23,24). The van der Waals surface area contributed by atoms with Crippen molar-refractivity contribution in [1.82, 2.24) is 29.6 Å². The molecule has 0 bridgehead atoms. The molecule has 3 aromatic heterocycles. The molecule has 4 heterocycles. The normalized spacial score (nSPS) is 16.9. The van der Waals surface area contributed by atoms with Gasteiger partial charge in [0.05, 0.1) is 22.6 Å². The van der Waals surface area contributed by atoms with E-state index in [4.69, 9.17) is 4.98 Å². The van der Waals surface area contributed by atoms with E-state index < -0.39 is 0 Å². The van der Waals surface area contributed by atoms with Crippen molar-refractivity contribution in [1.29, 1.82) is 0 Å². The summed E-state index contributed by atoms with van der Waals surface area (Å²) < 4.78 is 1.67. The van der Waals surface area contributed by atoms with Gasteiger partial charge in [0.2, 0.25) is 0 Å². The van der Waals surface area contributed by atoms with E-state index in [9.17, 15) is 4.79 Å². The quantitative estimate of drug-likeness (QED) is 0.610. The lowest BCUT2D eigenvalue weighted by Gasteiger charge is -2.23. The maximum absolute atomic E-state index is 13.1. The molecule has 1 aromatic carbocycles. The molecule has 1 amide bonds. The summed E-state index contributed by atoms with van der Waals surface area (Å²) in [5.41, 5.74) is 2.50. The summed E-state index contributed by atoms with van der Waals surface area (Å²) >= 11 is 0. The SMILES string of the molecule is O=C(c1ccc(-n2cccn2)nc1)N1CCCC1c1nc2ccccc2[nH]1. The lowest BCUT2D eigenvalue weighted by atomic mass is 10.2. The number of hydrogen-bond donors (Lipinski definition) is 1. The van der Waals surface area contributed by atoms with Crippen molar-refractivity contribution < 1.29 is 4.79 Å². The maximum Gasteiger partial charge on any atom is 0.256 e. The Labute approximate surface area is 155 Å². The molecule has 1 unspecified atom stereocenters. The van der Waals surface area contributed by atoms with Crippen LogP contribution in [0, 0.1) is 0 Å². The number of aromatic nitrogens is 5. The van der Waals surface area contributed by atoms with Crippen molar-refractivity contribution in [2.45, 2.75) is 18.9 Å². The Morgan fingerprint density at radius 3 is 2.85 bits per heavy atom. The molecule has 0 spiro atoms. The minimum atomic E-state index is -0.0318. The average molecular weight is 358 g/mol. The van der Waals surface area contributed by atoms with Gasteiger partial charge in [0.25, 0.3) is 5.91 Å². The van der Waals surface area contributed by atoms with E-state index in [1.165, 1.54) is 0 Å². The second-order valence-electron chi connectivity index (χ2n) is 6.65. The molecule has 0 radical (unpaired) electrons. The lowest BCUT2D eigenvalue weighted by Crippen LogP contribution is -2.31. The fraction of sp³-hybridized carbons (Fsp3) is 0.200. The van der Waals surface area contributed by atoms with Gasteiger partial charge in [-0.3, -0.25) is 4.79 Å². The second kappa shape index (κ2) is 6.35. The van der Waals surface area contributed by atoms with E-state index in [0.29, 0.717) is 11.4 Å². The Morgan fingerprint density at radius 2 is 2.07 bits per heavy atom. The average Bonchev–Trinajstić information content (AvgIpc) is 3.47. The fourth-order valence-electron chi connectivity index (χ4n) is 3.64. The first-order chi connectivity index (χ1) is 13.3. The van der Waals surface area contributed by atoms with Gasteiger partial charge in [0.1, 0.15) is 5.82 Å². The zero-order valence-corrected chi connectivity index (χ0v) is 14.6. The molecule has 1 aliphatic rings. The van der Waals surface area contributed by atoms with Gasteiger partial charge in [0.15, 0.2) is 5.82 Å². The molecule has 1 aliphatic heterocycles. The van der Waals surface area contributed by atoms with E-state index in [-0.39, 0.29) is 11.9 Å². The van der Waals surface area contributed by atoms with E-state index in [0.717, 1.165) is 36.2 Å². The number of likely N-dealkylation sites (tertiary alicyclic amines) is 1. The highest BCUT2D eigenvalue weighted by Gasteiger charge is 2.32. The molecular weight excluding hydrogens is 340 g/mol. The van der Waals surface area contributed by atoms with E-state index in [2.05, 4.69) is 15.1 Å². The minimum Gasteiger partial charge on any atom is -0.340 e. The molecule has 1 saturated heterocycles. The third-order valence-electron chi connectivity index (χ3n) is 4.97. The van der Waals surface area contributed by atoms with E-state index >= 15 is 0 Å². The third-order valence-corrected chi connectivity index (χ3v) is 4.97. The van der Waals surface area contributed by atoms with Gasteiger partial charge in [-0.05, 0) is 43.2 Å². The Bertz CT molecular complexity index is 1050. The summed E-state index contributed by atoms with van der Waals surface area (Å²) in [5, 5.41) is 4.16. The van der Waals surface area contributed by atoms with Crippen LogP contribution in [0.4, 0.5) is 0 Å². The second-order valence-corrected chi connectivity index (χ2v) is 6.65. The smallest absolute Gasteiger partial charge is 0.256 e. The molecule has 7 heteroatoms. The number of rotatable bonds is 3. The van der Waals surface area contributed by atoms with Crippen molar-refractivity contribution in [3.63, 3.8) is 0 Å². The number of nitrogens with one attached hydrogen (secondary N) is 1. The van der Waals surface area contributed by atoms with Crippen molar-refractivity contribution in [3.8, 4) is 5.82 Å². The molecular formula is C20H18N6O. The van der Waals surface area contributed by atoms with Crippen molar-refractivity contribution >= 4 is 16.9 Å². The molecule has 134 valence electrons. The Hall–Kier alpha value is -3.48.